The van der Waals surface area contributed by atoms with E-state index in [1.54, 1.807) is 18.3 Å². The van der Waals surface area contributed by atoms with Crippen molar-refractivity contribution in [3.05, 3.63) is 30.3 Å². The zero-order valence-electron chi connectivity index (χ0n) is 8.96. The predicted octanol–water partition coefficient (Wildman–Crippen LogP) is -0.294. The van der Waals surface area contributed by atoms with Gasteiger partial charge in [0.2, 0.25) is 11.8 Å². The Morgan fingerprint density at radius 3 is 3.00 bits per heavy atom. The van der Waals surface area contributed by atoms with Crippen LogP contribution in [0.1, 0.15) is 5.89 Å². The summed E-state index contributed by atoms with van der Waals surface area (Å²) in [5.41, 5.74) is 5.74. The van der Waals surface area contributed by atoms with Crippen LogP contribution >= 0.6 is 0 Å². The third-order valence-electron chi connectivity index (χ3n) is 1.97. The molecule has 1 amide bonds. The van der Waals surface area contributed by atoms with Gasteiger partial charge in [0, 0.05) is 6.20 Å². The Kier molecular flexibility index (Phi) is 3.41. The molecule has 0 saturated heterocycles. The van der Waals surface area contributed by atoms with Crippen LogP contribution in [0.4, 0.5) is 0 Å². The summed E-state index contributed by atoms with van der Waals surface area (Å²) in [6.07, 6.45) is 1.63. The molecule has 3 N–H and O–H groups in total. The van der Waals surface area contributed by atoms with E-state index in [0.29, 0.717) is 17.5 Å². The third-order valence-corrected chi connectivity index (χ3v) is 1.97. The number of amides is 1. The van der Waals surface area contributed by atoms with Gasteiger partial charge in [-0.2, -0.15) is 0 Å². The fourth-order valence-corrected chi connectivity index (χ4v) is 1.16. The van der Waals surface area contributed by atoms with Gasteiger partial charge in [-0.15, -0.1) is 10.2 Å². The van der Waals surface area contributed by atoms with Crippen molar-refractivity contribution in [2.24, 2.45) is 5.73 Å². The first-order valence-corrected chi connectivity index (χ1v) is 5.00. The zero-order valence-corrected chi connectivity index (χ0v) is 8.96. The van der Waals surface area contributed by atoms with E-state index in [4.69, 9.17) is 10.2 Å². The SMILES string of the molecule is NCC(=O)NCc1nnc(-c2ccccn2)o1. The minimum atomic E-state index is -0.275. The first-order chi connectivity index (χ1) is 8.29. The van der Waals surface area contributed by atoms with Gasteiger partial charge in [0.25, 0.3) is 5.89 Å². The van der Waals surface area contributed by atoms with E-state index >= 15 is 0 Å². The Balaban J connectivity index is 2.04. The van der Waals surface area contributed by atoms with Crippen molar-refractivity contribution >= 4 is 5.91 Å². The lowest BCUT2D eigenvalue weighted by atomic mass is 10.3. The fraction of sp³-hybridized carbons (Fsp3) is 0.200. The molecular formula is C10H11N5O2. The molecule has 0 saturated carbocycles. The molecule has 0 bridgehead atoms. The van der Waals surface area contributed by atoms with Crippen LogP contribution in [0.15, 0.2) is 28.8 Å². The van der Waals surface area contributed by atoms with Crippen molar-refractivity contribution in [1.29, 1.82) is 0 Å². The number of pyridine rings is 1. The van der Waals surface area contributed by atoms with Gasteiger partial charge < -0.3 is 15.5 Å². The molecule has 0 atom stereocenters. The Morgan fingerprint density at radius 2 is 2.29 bits per heavy atom. The summed E-state index contributed by atoms with van der Waals surface area (Å²) in [4.78, 5) is 15.0. The highest BCUT2D eigenvalue weighted by atomic mass is 16.4. The summed E-state index contributed by atoms with van der Waals surface area (Å²) in [5, 5.41) is 10.1. The van der Waals surface area contributed by atoms with Crippen molar-refractivity contribution in [3.63, 3.8) is 0 Å². The van der Waals surface area contributed by atoms with Crippen LogP contribution in [0.5, 0.6) is 0 Å². The molecule has 0 aliphatic rings. The van der Waals surface area contributed by atoms with Gasteiger partial charge in [0.15, 0.2) is 0 Å². The number of aromatic nitrogens is 3. The predicted molar refractivity (Wildman–Crippen MR) is 58.4 cm³/mol. The quantitative estimate of drug-likeness (QED) is 0.751. The molecule has 7 nitrogen and oxygen atoms in total. The second-order valence-electron chi connectivity index (χ2n) is 3.20. The first-order valence-electron chi connectivity index (χ1n) is 5.00. The summed E-state index contributed by atoms with van der Waals surface area (Å²) in [6.45, 7) is 0.0943. The highest BCUT2D eigenvalue weighted by Crippen LogP contribution is 2.13. The summed E-state index contributed by atoms with van der Waals surface area (Å²) in [6, 6.07) is 5.38. The van der Waals surface area contributed by atoms with Crippen LogP contribution in [0.3, 0.4) is 0 Å². The lowest BCUT2D eigenvalue weighted by molar-refractivity contribution is -0.120. The first kappa shape index (κ1) is 11.2. The molecule has 2 rings (SSSR count). The van der Waals surface area contributed by atoms with Gasteiger partial charge >= 0.3 is 0 Å². The maximum Gasteiger partial charge on any atom is 0.266 e. The van der Waals surface area contributed by atoms with E-state index in [2.05, 4.69) is 20.5 Å². The maximum atomic E-state index is 10.9. The summed E-state index contributed by atoms with van der Waals surface area (Å²) >= 11 is 0. The Morgan fingerprint density at radius 1 is 1.41 bits per heavy atom. The van der Waals surface area contributed by atoms with Crippen LogP contribution in [0.25, 0.3) is 11.6 Å². The van der Waals surface area contributed by atoms with Crippen molar-refractivity contribution in [2.45, 2.75) is 6.54 Å². The minimum Gasteiger partial charge on any atom is -0.417 e. The zero-order chi connectivity index (χ0) is 12.1. The molecular weight excluding hydrogens is 222 g/mol. The van der Waals surface area contributed by atoms with Gasteiger partial charge in [0.05, 0.1) is 13.1 Å². The van der Waals surface area contributed by atoms with E-state index < -0.39 is 0 Å². The van der Waals surface area contributed by atoms with Crippen LogP contribution < -0.4 is 11.1 Å². The topological polar surface area (TPSA) is 107 Å². The van der Waals surface area contributed by atoms with Crippen LogP contribution in [-0.4, -0.2) is 27.6 Å². The fourth-order valence-electron chi connectivity index (χ4n) is 1.16. The summed E-state index contributed by atoms with van der Waals surface area (Å²) in [5.74, 6) is 0.359. The van der Waals surface area contributed by atoms with Gasteiger partial charge in [-0.25, -0.2) is 0 Å². The number of nitrogens with one attached hydrogen (secondary N) is 1. The van der Waals surface area contributed by atoms with Gasteiger partial charge in [-0.1, -0.05) is 6.07 Å². The number of nitrogens with two attached hydrogens (primary N) is 1. The summed E-state index contributed by atoms with van der Waals surface area (Å²) < 4.78 is 5.32. The molecule has 7 heteroatoms. The molecule has 0 aliphatic carbocycles. The van der Waals surface area contributed by atoms with Crippen molar-refractivity contribution < 1.29 is 9.21 Å². The van der Waals surface area contributed by atoms with Crippen molar-refractivity contribution in [3.8, 4) is 11.6 Å². The monoisotopic (exact) mass is 233 g/mol. The minimum absolute atomic E-state index is 0.0682. The highest BCUT2D eigenvalue weighted by molar-refractivity contribution is 5.77. The molecule has 88 valence electrons. The molecule has 2 heterocycles. The normalized spacial score (nSPS) is 10.2. The van der Waals surface area contributed by atoms with Gasteiger partial charge in [-0.3, -0.25) is 9.78 Å². The number of carbonyl (C=O) groups is 1. The Labute approximate surface area is 97.1 Å². The van der Waals surface area contributed by atoms with E-state index in [0.717, 1.165) is 0 Å². The number of hydrogen-bond donors (Lipinski definition) is 2. The lowest BCUT2D eigenvalue weighted by Crippen LogP contribution is -2.29. The molecule has 0 spiro atoms. The van der Waals surface area contributed by atoms with Crippen molar-refractivity contribution in [2.75, 3.05) is 6.54 Å². The number of hydrogen-bond acceptors (Lipinski definition) is 6. The van der Waals surface area contributed by atoms with E-state index in [1.807, 2.05) is 6.07 Å². The Hall–Kier alpha value is -2.28. The molecule has 0 fully saturated rings. The van der Waals surface area contributed by atoms with E-state index in [-0.39, 0.29) is 19.0 Å². The highest BCUT2D eigenvalue weighted by Gasteiger charge is 2.09. The van der Waals surface area contributed by atoms with Crippen LogP contribution in [0.2, 0.25) is 0 Å². The largest absolute Gasteiger partial charge is 0.417 e. The summed E-state index contributed by atoms with van der Waals surface area (Å²) in [7, 11) is 0. The van der Waals surface area contributed by atoms with Crippen LogP contribution in [0, 0.1) is 0 Å². The lowest BCUT2D eigenvalue weighted by Gasteiger charge is -1.97. The smallest absolute Gasteiger partial charge is 0.266 e. The molecule has 0 aliphatic heterocycles. The maximum absolute atomic E-state index is 10.9. The van der Waals surface area contributed by atoms with Gasteiger partial charge in [-0.05, 0) is 12.1 Å². The molecule has 2 aromatic heterocycles. The second kappa shape index (κ2) is 5.17. The van der Waals surface area contributed by atoms with Gasteiger partial charge in [0.1, 0.15) is 5.69 Å². The number of carbonyl (C=O) groups excluding carboxylic acids is 1. The third kappa shape index (κ3) is 2.85. The average molecular weight is 233 g/mol. The van der Waals surface area contributed by atoms with E-state index in [9.17, 15) is 4.79 Å². The average Bonchev–Trinajstić information content (AvgIpc) is 2.86. The molecule has 0 radical (unpaired) electrons. The number of rotatable bonds is 4. The number of nitrogens with zero attached hydrogens (tertiary/aromatic N) is 3. The molecule has 0 aromatic carbocycles. The van der Waals surface area contributed by atoms with Crippen LogP contribution in [-0.2, 0) is 11.3 Å². The second-order valence-corrected chi connectivity index (χ2v) is 3.20. The molecule has 2 aromatic rings. The van der Waals surface area contributed by atoms with Crippen molar-refractivity contribution in [1.82, 2.24) is 20.5 Å². The molecule has 0 unspecified atom stereocenters. The molecule has 17 heavy (non-hydrogen) atoms. The Bertz CT molecular complexity index is 496. The van der Waals surface area contributed by atoms with E-state index in [1.165, 1.54) is 0 Å². The standard InChI is InChI=1S/C10H11N5O2/c11-5-8(16)13-6-9-14-15-10(17-9)7-3-1-2-4-12-7/h1-4H,5-6,11H2,(H,13,16).